The summed E-state index contributed by atoms with van der Waals surface area (Å²) in [5.74, 6) is 0. The molecule has 2 aromatic rings. The molecule has 1 fully saturated rings. The maximum atomic E-state index is 6.36. The van der Waals surface area contributed by atoms with Gasteiger partial charge in [0, 0.05) is 47.0 Å². The van der Waals surface area contributed by atoms with Gasteiger partial charge >= 0.3 is 0 Å². The summed E-state index contributed by atoms with van der Waals surface area (Å²) in [6.45, 7) is 4.57. The fraction of sp³-hybridized carbons (Fsp3) is 0.400. The van der Waals surface area contributed by atoms with Crippen molar-refractivity contribution in [2.45, 2.75) is 28.7 Å². The molecule has 0 amide bonds. The molecule has 2 nitrogen and oxygen atoms in total. The van der Waals surface area contributed by atoms with Crippen LogP contribution in [0.4, 0.5) is 0 Å². The van der Waals surface area contributed by atoms with Gasteiger partial charge in [-0.15, -0.1) is 0 Å². The number of benzene rings is 2. The third-order valence-corrected chi connectivity index (χ3v) is 6.63. The van der Waals surface area contributed by atoms with Gasteiger partial charge in [-0.05, 0) is 55.3 Å². The van der Waals surface area contributed by atoms with Crippen molar-refractivity contribution in [3.05, 3.63) is 58.6 Å². The van der Waals surface area contributed by atoms with Gasteiger partial charge in [-0.3, -0.25) is 4.90 Å². The van der Waals surface area contributed by atoms with Crippen molar-refractivity contribution in [3.63, 3.8) is 0 Å². The molecule has 0 aromatic heterocycles. The zero-order valence-corrected chi connectivity index (χ0v) is 15.6. The van der Waals surface area contributed by atoms with Crippen LogP contribution < -0.4 is 0 Å². The average Bonchev–Trinajstić information content (AvgIpc) is 2.58. The van der Waals surface area contributed by atoms with E-state index in [1.807, 2.05) is 17.8 Å². The van der Waals surface area contributed by atoms with Crippen LogP contribution in [0.15, 0.2) is 52.3 Å². The van der Waals surface area contributed by atoms with Crippen molar-refractivity contribution >= 4 is 23.4 Å². The molecule has 126 valence electrons. The highest BCUT2D eigenvalue weighted by atomic mass is 35.5. The van der Waals surface area contributed by atoms with Crippen molar-refractivity contribution < 1.29 is 0 Å². The van der Waals surface area contributed by atoms with E-state index in [4.69, 9.17) is 11.6 Å². The minimum atomic E-state index is 0.466. The van der Waals surface area contributed by atoms with Crippen LogP contribution >= 0.6 is 23.4 Å². The maximum absolute atomic E-state index is 6.36. The predicted octanol–water partition coefficient (Wildman–Crippen LogP) is 4.73. The number of hydrogen-bond donors (Lipinski definition) is 0. The van der Waals surface area contributed by atoms with Gasteiger partial charge in [-0.25, -0.2) is 0 Å². The fourth-order valence-electron chi connectivity index (χ4n) is 3.76. The third kappa shape index (κ3) is 3.36. The molecular formula is C20H23ClN2S. The molecule has 4 rings (SSSR count). The first-order valence-corrected chi connectivity index (χ1v) is 9.88. The summed E-state index contributed by atoms with van der Waals surface area (Å²) in [6.07, 6.45) is 2.29. The molecule has 1 saturated heterocycles. The topological polar surface area (TPSA) is 6.48 Å². The third-order valence-electron chi connectivity index (χ3n) is 5.19. The summed E-state index contributed by atoms with van der Waals surface area (Å²) >= 11 is 8.26. The first kappa shape index (κ1) is 16.5. The van der Waals surface area contributed by atoms with Gasteiger partial charge in [0.25, 0.3) is 0 Å². The molecule has 0 saturated carbocycles. The number of piperazine rings is 1. The Hall–Kier alpha value is -1.00. The highest BCUT2D eigenvalue weighted by Crippen LogP contribution is 2.42. The van der Waals surface area contributed by atoms with E-state index in [1.165, 1.54) is 20.9 Å². The number of likely N-dealkylation sites (N-methyl/N-ethyl adjacent to an activating group) is 1. The molecule has 1 atom stereocenters. The molecule has 2 aliphatic heterocycles. The van der Waals surface area contributed by atoms with Crippen LogP contribution in [0.2, 0.25) is 5.02 Å². The van der Waals surface area contributed by atoms with Crippen LogP contribution in [0, 0.1) is 0 Å². The fourth-order valence-corrected chi connectivity index (χ4v) is 5.08. The normalized spacial score (nSPS) is 22.3. The molecule has 24 heavy (non-hydrogen) atoms. The van der Waals surface area contributed by atoms with E-state index in [0.717, 1.165) is 44.0 Å². The van der Waals surface area contributed by atoms with Gasteiger partial charge in [0.2, 0.25) is 0 Å². The van der Waals surface area contributed by atoms with Gasteiger partial charge < -0.3 is 4.90 Å². The van der Waals surface area contributed by atoms with Crippen LogP contribution in [0.25, 0.3) is 0 Å². The molecule has 4 heteroatoms. The number of halogens is 1. The zero-order chi connectivity index (χ0) is 16.5. The highest BCUT2D eigenvalue weighted by molar-refractivity contribution is 7.99. The van der Waals surface area contributed by atoms with E-state index in [-0.39, 0.29) is 0 Å². The van der Waals surface area contributed by atoms with E-state index >= 15 is 0 Å². The second-order valence-electron chi connectivity index (χ2n) is 6.79. The lowest BCUT2D eigenvalue weighted by Crippen LogP contribution is -2.46. The summed E-state index contributed by atoms with van der Waals surface area (Å²) < 4.78 is 0. The van der Waals surface area contributed by atoms with Crippen molar-refractivity contribution in [1.82, 2.24) is 9.80 Å². The van der Waals surface area contributed by atoms with Crippen LogP contribution in [-0.4, -0.2) is 43.0 Å². The van der Waals surface area contributed by atoms with Crippen LogP contribution in [0.3, 0.4) is 0 Å². The molecule has 0 N–H and O–H groups in total. The average molecular weight is 359 g/mol. The minimum absolute atomic E-state index is 0.466. The Labute approximate surface area is 153 Å². The Kier molecular flexibility index (Phi) is 4.86. The maximum Gasteiger partial charge on any atom is 0.0410 e. The second kappa shape index (κ2) is 7.09. The first-order chi connectivity index (χ1) is 11.7. The smallest absolute Gasteiger partial charge is 0.0410 e. The predicted molar refractivity (Wildman–Crippen MR) is 102 cm³/mol. The van der Waals surface area contributed by atoms with Gasteiger partial charge in [-0.1, -0.05) is 41.6 Å². The molecule has 0 bridgehead atoms. The molecule has 2 heterocycles. The Balaban J connectivity index is 1.72. The van der Waals surface area contributed by atoms with Gasteiger partial charge in [0.15, 0.2) is 0 Å². The molecule has 1 unspecified atom stereocenters. The lowest BCUT2D eigenvalue weighted by Gasteiger charge is -2.39. The molecule has 0 radical (unpaired) electrons. The van der Waals surface area contributed by atoms with E-state index in [0.29, 0.717) is 6.04 Å². The number of hydrogen-bond acceptors (Lipinski definition) is 3. The molecule has 2 aromatic carbocycles. The molecular weight excluding hydrogens is 336 g/mol. The molecule has 2 aliphatic rings. The summed E-state index contributed by atoms with van der Waals surface area (Å²) in [7, 11) is 2.21. The van der Waals surface area contributed by atoms with Crippen molar-refractivity contribution in [3.8, 4) is 0 Å². The van der Waals surface area contributed by atoms with Crippen LogP contribution in [0.5, 0.6) is 0 Å². The van der Waals surface area contributed by atoms with Crippen LogP contribution in [-0.2, 0) is 6.42 Å². The van der Waals surface area contributed by atoms with Crippen molar-refractivity contribution in [2.75, 3.05) is 33.2 Å². The highest BCUT2D eigenvalue weighted by Gasteiger charge is 2.27. The first-order valence-electron chi connectivity index (χ1n) is 8.68. The number of aryl methyl sites for hydroxylation is 1. The number of rotatable bonds is 1. The lowest BCUT2D eigenvalue weighted by molar-refractivity contribution is 0.105. The van der Waals surface area contributed by atoms with E-state index in [9.17, 15) is 0 Å². The van der Waals surface area contributed by atoms with Crippen LogP contribution in [0.1, 0.15) is 23.6 Å². The summed E-state index contributed by atoms with van der Waals surface area (Å²) in [5, 5.41) is 0.849. The van der Waals surface area contributed by atoms with Crippen molar-refractivity contribution in [1.29, 1.82) is 0 Å². The largest absolute Gasteiger partial charge is 0.304 e. The Morgan fingerprint density at radius 2 is 1.79 bits per heavy atom. The lowest BCUT2D eigenvalue weighted by atomic mass is 9.96. The SMILES string of the molecule is CN1CCN(C2CCc3ccccc3Sc3ccc(Cl)cc32)CC1. The van der Waals surface area contributed by atoms with Gasteiger partial charge in [-0.2, -0.15) is 0 Å². The minimum Gasteiger partial charge on any atom is -0.304 e. The zero-order valence-electron chi connectivity index (χ0n) is 14.0. The molecule has 0 aliphatic carbocycles. The molecule has 0 spiro atoms. The Morgan fingerprint density at radius 1 is 1.00 bits per heavy atom. The Morgan fingerprint density at radius 3 is 2.62 bits per heavy atom. The monoisotopic (exact) mass is 358 g/mol. The second-order valence-corrected chi connectivity index (χ2v) is 8.31. The van der Waals surface area contributed by atoms with E-state index in [2.05, 4.69) is 53.2 Å². The summed E-state index contributed by atoms with van der Waals surface area (Å²) in [5.41, 5.74) is 2.88. The quantitative estimate of drug-likeness (QED) is 0.727. The summed E-state index contributed by atoms with van der Waals surface area (Å²) in [4.78, 5) is 7.82. The van der Waals surface area contributed by atoms with Gasteiger partial charge in [0.05, 0.1) is 0 Å². The van der Waals surface area contributed by atoms with Crippen molar-refractivity contribution in [2.24, 2.45) is 0 Å². The van der Waals surface area contributed by atoms with Gasteiger partial charge in [0.1, 0.15) is 0 Å². The van der Waals surface area contributed by atoms with E-state index < -0.39 is 0 Å². The van der Waals surface area contributed by atoms with E-state index in [1.54, 1.807) is 0 Å². The Bertz CT molecular complexity index is 725. The standard InChI is InChI=1S/C20H23ClN2S/c1-22-10-12-23(13-11-22)18-8-6-15-4-2-3-5-19(15)24-20-9-7-16(21)14-17(18)20/h2-5,7,9,14,18H,6,8,10-13H2,1H3. The number of nitrogens with zero attached hydrogens (tertiary/aromatic N) is 2. The number of fused-ring (bicyclic) bond motifs is 2. The summed E-state index contributed by atoms with van der Waals surface area (Å²) in [6, 6.07) is 15.7.